The fourth-order valence-electron chi connectivity index (χ4n) is 4.18. The first-order valence-electron chi connectivity index (χ1n) is 7.76. The Balaban J connectivity index is 1.67. The number of fused-ring (bicyclic) bond motifs is 2. The van der Waals surface area contributed by atoms with Crippen LogP contribution >= 0.6 is 0 Å². The van der Waals surface area contributed by atoms with Gasteiger partial charge in [0, 0.05) is 23.8 Å². The maximum atomic E-state index is 12.8. The van der Waals surface area contributed by atoms with Crippen LogP contribution < -0.4 is 0 Å². The predicted molar refractivity (Wildman–Crippen MR) is 81.6 cm³/mol. The van der Waals surface area contributed by atoms with Gasteiger partial charge in [0.25, 0.3) is 5.91 Å². The molecule has 0 bridgehead atoms. The van der Waals surface area contributed by atoms with Gasteiger partial charge in [-0.15, -0.1) is 0 Å². The summed E-state index contributed by atoms with van der Waals surface area (Å²) in [6.07, 6.45) is 4.86. The van der Waals surface area contributed by atoms with Crippen molar-refractivity contribution in [3.8, 4) is 0 Å². The number of likely N-dealkylation sites (tertiary alicyclic amines) is 1. The Morgan fingerprint density at radius 2 is 2.09 bits per heavy atom. The van der Waals surface area contributed by atoms with Gasteiger partial charge in [-0.1, -0.05) is 12.5 Å². The summed E-state index contributed by atoms with van der Waals surface area (Å²) in [5.74, 6) is -0.572. The summed E-state index contributed by atoms with van der Waals surface area (Å²) in [5.41, 5.74) is 1.46. The largest absolute Gasteiger partial charge is 0.480 e. The second-order valence-corrected chi connectivity index (χ2v) is 6.38. The van der Waals surface area contributed by atoms with Gasteiger partial charge in [0.05, 0.1) is 0 Å². The van der Waals surface area contributed by atoms with Crippen molar-refractivity contribution in [1.29, 1.82) is 0 Å². The van der Waals surface area contributed by atoms with Crippen LogP contribution in [0.15, 0.2) is 30.5 Å². The first kappa shape index (κ1) is 13.4. The maximum absolute atomic E-state index is 12.8. The number of carbonyl (C=O) groups excluding carboxylic acids is 1. The molecular formula is C17H18N2O3. The van der Waals surface area contributed by atoms with Gasteiger partial charge in [0.15, 0.2) is 0 Å². The Hall–Kier alpha value is -2.30. The molecule has 2 aliphatic rings. The molecule has 3 atom stereocenters. The number of rotatable bonds is 2. The monoisotopic (exact) mass is 298 g/mol. The van der Waals surface area contributed by atoms with Crippen molar-refractivity contribution in [3.05, 3.63) is 36.0 Å². The average Bonchev–Trinajstić information content (AvgIpc) is 3.19. The molecule has 2 aromatic rings. The molecule has 0 spiro atoms. The number of amides is 1. The van der Waals surface area contributed by atoms with Crippen LogP contribution in [0.4, 0.5) is 0 Å². The minimum atomic E-state index is -0.872. The topological polar surface area (TPSA) is 73.4 Å². The first-order valence-corrected chi connectivity index (χ1v) is 7.76. The molecule has 2 heterocycles. The molecule has 5 nitrogen and oxygen atoms in total. The second kappa shape index (κ2) is 4.87. The van der Waals surface area contributed by atoms with Crippen LogP contribution in [0.2, 0.25) is 0 Å². The van der Waals surface area contributed by atoms with Crippen LogP contribution in [-0.2, 0) is 4.79 Å². The van der Waals surface area contributed by atoms with Crippen LogP contribution in [0.3, 0.4) is 0 Å². The zero-order valence-corrected chi connectivity index (χ0v) is 12.2. The number of carboxylic acids is 1. The smallest absolute Gasteiger partial charge is 0.326 e. The van der Waals surface area contributed by atoms with Crippen molar-refractivity contribution in [1.82, 2.24) is 9.88 Å². The SMILES string of the molecule is O=C(O)C1C2CCCC2CN1C(=O)c1ccc2cc[nH]c2c1. The van der Waals surface area contributed by atoms with Crippen molar-refractivity contribution in [2.75, 3.05) is 6.54 Å². The number of benzene rings is 1. The summed E-state index contributed by atoms with van der Waals surface area (Å²) >= 11 is 0. The number of nitrogens with zero attached hydrogens (tertiary/aromatic N) is 1. The minimum Gasteiger partial charge on any atom is -0.480 e. The lowest BCUT2D eigenvalue weighted by molar-refractivity contribution is -0.142. The van der Waals surface area contributed by atoms with E-state index in [1.165, 1.54) is 0 Å². The van der Waals surface area contributed by atoms with E-state index in [1.807, 2.05) is 24.4 Å². The van der Waals surface area contributed by atoms with Crippen molar-refractivity contribution >= 4 is 22.8 Å². The van der Waals surface area contributed by atoms with Crippen LogP contribution in [-0.4, -0.2) is 39.5 Å². The Morgan fingerprint density at radius 3 is 2.91 bits per heavy atom. The van der Waals surface area contributed by atoms with Crippen LogP contribution in [0.25, 0.3) is 10.9 Å². The zero-order valence-electron chi connectivity index (χ0n) is 12.2. The van der Waals surface area contributed by atoms with E-state index in [2.05, 4.69) is 4.98 Å². The summed E-state index contributed by atoms with van der Waals surface area (Å²) in [7, 11) is 0. The quantitative estimate of drug-likeness (QED) is 0.894. The number of H-pyrrole nitrogens is 1. The number of aromatic nitrogens is 1. The highest BCUT2D eigenvalue weighted by molar-refractivity contribution is 6.00. The highest BCUT2D eigenvalue weighted by Crippen LogP contribution is 2.42. The van der Waals surface area contributed by atoms with Gasteiger partial charge >= 0.3 is 5.97 Å². The third kappa shape index (κ3) is 1.92. The molecular weight excluding hydrogens is 280 g/mol. The molecule has 114 valence electrons. The number of nitrogens with one attached hydrogen (secondary N) is 1. The number of hydrogen-bond donors (Lipinski definition) is 2. The number of aliphatic carboxylic acids is 1. The fraction of sp³-hybridized carbons (Fsp3) is 0.412. The lowest BCUT2D eigenvalue weighted by atomic mass is 9.94. The summed E-state index contributed by atoms with van der Waals surface area (Å²) in [5, 5.41) is 10.6. The molecule has 2 N–H and O–H groups in total. The van der Waals surface area contributed by atoms with Crippen LogP contribution in [0.1, 0.15) is 29.6 Å². The Kier molecular flexibility index (Phi) is 2.96. The van der Waals surface area contributed by atoms with Gasteiger partial charge < -0.3 is 15.0 Å². The predicted octanol–water partition coefficient (Wildman–Crippen LogP) is 2.49. The molecule has 1 amide bonds. The first-order chi connectivity index (χ1) is 10.6. The number of carboxylic acid groups (broad SMARTS) is 1. The van der Waals surface area contributed by atoms with Crippen molar-refractivity contribution < 1.29 is 14.7 Å². The van der Waals surface area contributed by atoms with Gasteiger partial charge in [-0.25, -0.2) is 4.79 Å². The van der Waals surface area contributed by atoms with E-state index in [9.17, 15) is 14.7 Å². The fourth-order valence-corrected chi connectivity index (χ4v) is 4.18. The highest BCUT2D eigenvalue weighted by Gasteiger charge is 2.49. The average molecular weight is 298 g/mol. The standard InChI is InChI=1S/C17H18N2O3/c20-16(11-5-4-10-6-7-18-14(10)8-11)19-9-12-2-1-3-13(12)15(19)17(21)22/h4-8,12-13,15,18H,1-3,9H2,(H,21,22). The van der Waals surface area contributed by atoms with Gasteiger partial charge in [-0.2, -0.15) is 0 Å². The number of carbonyl (C=O) groups is 2. The third-order valence-electron chi connectivity index (χ3n) is 5.21. The normalized spacial score (nSPS) is 27.3. The Morgan fingerprint density at radius 1 is 1.23 bits per heavy atom. The Labute approximate surface area is 127 Å². The number of aromatic amines is 1. The van der Waals surface area contributed by atoms with Gasteiger partial charge in [0.1, 0.15) is 6.04 Å². The second-order valence-electron chi connectivity index (χ2n) is 6.38. The molecule has 22 heavy (non-hydrogen) atoms. The molecule has 2 fully saturated rings. The minimum absolute atomic E-state index is 0.121. The van der Waals surface area contributed by atoms with E-state index in [0.717, 1.165) is 30.2 Å². The molecule has 1 aliphatic heterocycles. The molecule has 1 saturated carbocycles. The lowest BCUT2D eigenvalue weighted by Crippen LogP contribution is -2.43. The maximum Gasteiger partial charge on any atom is 0.326 e. The van der Waals surface area contributed by atoms with E-state index < -0.39 is 12.0 Å². The lowest BCUT2D eigenvalue weighted by Gasteiger charge is -2.24. The molecule has 4 rings (SSSR count). The summed E-state index contributed by atoms with van der Waals surface area (Å²) < 4.78 is 0. The molecule has 1 aromatic carbocycles. The molecule has 0 radical (unpaired) electrons. The molecule has 3 unspecified atom stereocenters. The van der Waals surface area contributed by atoms with Gasteiger partial charge in [-0.3, -0.25) is 4.79 Å². The van der Waals surface area contributed by atoms with Crippen molar-refractivity contribution in [2.45, 2.75) is 25.3 Å². The van der Waals surface area contributed by atoms with E-state index in [-0.39, 0.29) is 11.8 Å². The van der Waals surface area contributed by atoms with Gasteiger partial charge in [-0.05, 0) is 48.3 Å². The number of hydrogen-bond acceptors (Lipinski definition) is 2. The summed E-state index contributed by atoms with van der Waals surface area (Å²) in [6, 6.07) is 6.77. The van der Waals surface area contributed by atoms with E-state index in [1.54, 1.807) is 11.0 Å². The van der Waals surface area contributed by atoms with Gasteiger partial charge in [0.2, 0.25) is 0 Å². The van der Waals surface area contributed by atoms with E-state index in [4.69, 9.17) is 0 Å². The van der Waals surface area contributed by atoms with E-state index >= 15 is 0 Å². The molecule has 1 aliphatic carbocycles. The van der Waals surface area contributed by atoms with E-state index in [0.29, 0.717) is 18.0 Å². The third-order valence-corrected chi connectivity index (χ3v) is 5.21. The Bertz CT molecular complexity index is 751. The highest BCUT2D eigenvalue weighted by atomic mass is 16.4. The summed E-state index contributed by atoms with van der Waals surface area (Å²) in [4.78, 5) is 29.1. The van der Waals surface area contributed by atoms with Crippen molar-refractivity contribution in [2.24, 2.45) is 11.8 Å². The van der Waals surface area contributed by atoms with Crippen LogP contribution in [0, 0.1) is 11.8 Å². The molecule has 1 saturated heterocycles. The molecule has 1 aromatic heterocycles. The zero-order chi connectivity index (χ0) is 15.3. The van der Waals surface area contributed by atoms with Crippen LogP contribution in [0.5, 0.6) is 0 Å². The summed E-state index contributed by atoms with van der Waals surface area (Å²) in [6.45, 7) is 0.573. The van der Waals surface area contributed by atoms with Crippen molar-refractivity contribution in [3.63, 3.8) is 0 Å². The molecule has 5 heteroatoms.